The van der Waals surface area contributed by atoms with E-state index in [1.165, 1.54) is 0 Å². The van der Waals surface area contributed by atoms with Crippen molar-refractivity contribution >= 4 is 17.8 Å². The molecule has 0 bridgehead atoms. The lowest BCUT2D eigenvalue weighted by atomic mass is 10.0. The summed E-state index contributed by atoms with van der Waals surface area (Å²) in [5.41, 5.74) is 0. The molecule has 0 radical (unpaired) electrons. The Labute approximate surface area is 137 Å². The number of hydrogen-bond donors (Lipinski definition) is 2. The van der Waals surface area contributed by atoms with Crippen LogP contribution in [0.3, 0.4) is 0 Å². The summed E-state index contributed by atoms with van der Waals surface area (Å²) >= 11 is 0. The molecule has 6 nitrogen and oxygen atoms in total. The number of aliphatic carboxylic acids is 1. The van der Waals surface area contributed by atoms with E-state index in [1.54, 1.807) is 4.90 Å². The van der Waals surface area contributed by atoms with Crippen LogP contribution in [0.4, 0.5) is 0 Å². The summed E-state index contributed by atoms with van der Waals surface area (Å²) in [6.45, 7) is 2.61. The molecule has 0 aromatic heterocycles. The van der Waals surface area contributed by atoms with E-state index in [0.717, 1.165) is 38.5 Å². The van der Waals surface area contributed by atoms with Gasteiger partial charge in [0, 0.05) is 18.5 Å². The molecule has 1 aliphatic heterocycles. The Bertz CT molecular complexity index is 446. The van der Waals surface area contributed by atoms with Crippen LogP contribution in [0.25, 0.3) is 0 Å². The van der Waals surface area contributed by atoms with Crippen molar-refractivity contribution in [3.8, 4) is 0 Å². The summed E-state index contributed by atoms with van der Waals surface area (Å²) in [5.74, 6) is -0.901. The van der Waals surface area contributed by atoms with Gasteiger partial charge in [0.25, 0.3) is 0 Å². The highest BCUT2D eigenvalue weighted by molar-refractivity contribution is 5.89. The smallest absolute Gasteiger partial charge is 0.305 e. The number of carboxylic acids is 1. The molecule has 0 aromatic carbocycles. The number of nitrogens with zero attached hydrogens (tertiary/aromatic N) is 1. The molecule has 2 amide bonds. The Hall–Kier alpha value is -1.59. The van der Waals surface area contributed by atoms with Gasteiger partial charge in [-0.05, 0) is 32.1 Å². The van der Waals surface area contributed by atoms with Crippen molar-refractivity contribution in [3.63, 3.8) is 0 Å². The lowest BCUT2D eigenvalue weighted by molar-refractivity contribution is -0.142. The maximum absolute atomic E-state index is 12.6. The third-order valence-corrected chi connectivity index (χ3v) is 4.95. The van der Waals surface area contributed by atoms with Crippen LogP contribution >= 0.6 is 0 Å². The first-order valence-corrected chi connectivity index (χ1v) is 8.85. The minimum atomic E-state index is -0.908. The molecule has 2 atom stereocenters. The summed E-state index contributed by atoms with van der Waals surface area (Å²) in [5, 5.41) is 11.8. The van der Waals surface area contributed by atoms with Gasteiger partial charge >= 0.3 is 5.97 Å². The van der Waals surface area contributed by atoms with Crippen molar-refractivity contribution in [1.29, 1.82) is 0 Å². The fourth-order valence-electron chi connectivity index (χ4n) is 3.79. The van der Waals surface area contributed by atoms with Gasteiger partial charge in [-0.15, -0.1) is 0 Å². The zero-order valence-electron chi connectivity index (χ0n) is 13.9. The van der Waals surface area contributed by atoms with E-state index in [2.05, 4.69) is 5.32 Å². The molecule has 0 unspecified atom stereocenters. The molecule has 2 fully saturated rings. The second-order valence-electron chi connectivity index (χ2n) is 6.76. The fraction of sp³-hybridized carbons (Fsp3) is 0.824. The van der Waals surface area contributed by atoms with Crippen molar-refractivity contribution < 1.29 is 19.5 Å². The first kappa shape index (κ1) is 17.8. The molecular formula is C17H28N2O4. The number of carbonyl (C=O) groups excluding carboxylic acids is 2. The Morgan fingerprint density at radius 3 is 2.48 bits per heavy atom. The lowest BCUT2D eigenvalue weighted by Gasteiger charge is -2.28. The van der Waals surface area contributed by atoms with Gasteiger partial charge in [-0.25, -0.2) is 0 Å². The number of hydrogen-bond acceptors (Lipinski definition) is 3. The van der Waals surface area contributed by atoms with Crippen molar-refractivity contribution in [1.82, 2.24) is 10.2 Å². The van der Waals surface area contributed by atoms with E-state index in [0.29, 0.717) is 19.4 Å². The number of amides is 2. The molecule has 2 N–H and O–H groups in total. The Morgan fingerprint density at radius 2 is 1.87 bits per heavy atom. The molecule has 1 aliphatic carbocycles. The quantitative estimate of drug-likeness (QED) is 0.749. The van der Waals surface area contributed by atoms with Gasteiger partial charge in [0.1, 0.15) is 6.04 Å². The molecule has 1 saturated carbocycles. The Morgan fingerprint density at radius 1 is 1.17 bits per heavy atom. The minimum absolute atomic E-state index is 0.0666. The summed E-state index contributed by atoms with van der Waals surface area (Å²) in [6, 6.07) is -0.773. The number of carbonyl (C=O) groups is 3. The van der Waals surface area contributed by atoms with Crippen LogP contribution in [0.15, 0.2) is 0 Å². The van der Waals surface area contributed by atoms with E-state index < -0.39 is 12.0 Å². The summed E-state index contributed by atoms with van der Waals surface area (Å²) in [4.78, 5) is 37.8. The number of carboxylic acid groups (broad SMARTS) is 1. The molecule has 0 spiro atoms. The molecular weight excluding hydrogens is 296 g/mol. The van der Waals surface area contributed by atoms with Crippen LogP contribution in [0, 0.1) is 5.92 Å². The monoisotopic (exact) mass is 324 g/mol. The van der Waals surface area contributed by atoms with Gasteiger partial charge in [0.05, 0.1) is 6.42 Å². The third-order valence-electron chi connectivity index (χ3n) is 4.95. The molecule has 0 aromatic rings. The third kappa shape index (κ3) is 4.69. The highest BCUT2D eigenvalue weighted by Gasteiger charge is 2.38. The first-order valence-electron chi connectivity index (χ1n) is 8.85. The highest BCUT2D eigenvalue weighted by atomic mass is 16.4. The van der Waals surface area contributed by atoms with Gasteiger partial charge in [-0.2, -0.15) is 0 Å². The van der Waals surface area contributed by atoms with Crippen LogP contribution < -0.4 is 5.32 Å². The second kappa shape index (κ2) is 8.31. The number of nitrogens with one attached hydrogen (secondary N) is 1. The zero-order valence-corrected chi connectivity index (χ0v) is 13.9. The maximum atomic E-state index is 12.6. The van der Waals surface area contributed by atoms with Crippen molar-refractivity contribution in [2.45, 2.75) is 76.8 Å². The molecule has 130 valence electrons. The van der Waals surface area contributed by atoms with Crippen LogP contribution in [-0.4, -0.2) is 46.4 Å². The van der Waals surface area contributed by atoms with Crippen molar-refractivity contribution in [2.75, 3.05) is 6.54 Å². The van der Waals surface area contributed by atoms with Gasteiger partial charge in [0.15, 0.2) is 0 Å². The van der Waals surface area contributed by atoms with Crippen LogP contribution in [0.2, 0.25) is 0 Å². The summed E-state index contributed by atoms with van der Waals surface area (Å²) < 4.78 is 0. The predicted molar refractivity (Wildman–Crippen MR) is 85.8 cm³/mol. The predicted octanol–water partition coefficient (Wildman–Crippen LogP) is 1.93. The topological polar surface area (TPSA) is 86.7 Å². The molecule has 23 heavy (non-hydrogen) atoms. The van der Waals surface area contributed by atoms with Crippen molar-refractivity contribution in [2.24, 2.45) is 5.92 Å². The van der Waals surface area contributed by atoms with Gasteiger partial charge in [0.2, 0.25) is 11.8 Å². The second-order valence-corrected chi connectivity index (χ2v) is 6.76. The standard InChI is InChI=1S/C17H28N2O4/c1-2-6-13(11-15(20)21)18-16(22)14-9-5-10-19(14)17(23)12-7-3-4-8-12/h12-14H,2-11H2,1H3,(H,18,22)(H,20,21)/t13-,14-/m0/s1. The van der Waals surface area contributed by atoms with Gasteiger partial charge in [-0.3, -0.25) is 14.4 Å². The summed E-state index contributed by atoms with van der Waals surface area (Å²) in [6.07, 6.45) is 6.96. The average Bonchev–Trinajstić information content (AvgIpc) is 3.17. The Balaban J connectivity index is 1.95. The van der Waals surface area contributed by atoms with Crippen LogP contribution in [0.1, 0.15) is 64.7 Å². The van der Waals surface area contributed by atoms with Crippen LogP contribution in [0.5, 0.6) is 0 Å². The maximum Gasteiger partial charge on any atom is 0.305 e. The molecule has 6 heteroatoms. The van der Waals surface area contributed by atoms with Gasteiger partial charge < -0.3 is 15.3 Å². The molecule has 2 aliphatic rings. The molecule has 1 saturated heterocycles. The largest absolute Gasteiger partial charge is 0.481 e. The van der Waals surface area contributed by atoms with E-state index in [4.69, 9.17) is 5.11 Å². The van der Waals surface area contributed by atoms with E-state index in [9.17, 15) is 14.4 Å². The SMILES string of the molecule is CCC[C@@H](CC(=O)O)NC(=O)[C@@H]1CCCN1C(=O)C1CCCC1. The summed E-state index contributed by atoms with van der Waals surface area (Å²) in [7, 11) is 0. The lowest BCUT2D eigenvalue weighted by Crippen LogP contribution is -2.50. The molecule has 2 rings (SSSR count). The molecule has 1 heterocycles. The zero-order chi connectivity index (χ0) is 16.8. The minimum Gasteiger partial charge on any atom is -0.481 e. The fourth-order valence-corrected chi connectivity index (χ4v) is 3.79. The average molecular weight is 324 g/mol. The number of likely N-dealkylation sites (tertiary alicyclic amines) is 1. The van der Waals surface area contributed by atoms with Gasteiger partial charge in [-0.1, -0.05) is 26.2 Å². The van der Waals surface area contributed by atoms with E-state index in [-0.39, 0.29) is 30.2 Å². The first-order chi connectivity index (χ1) is 11.0. The highest BCUT2D eigenvalue weighted by Crippen LogP contribution is 2.29. The Kier molecular flexibility index (Phi) is 6.42. The normalized spacial score (nSPS) is 23.0. The number of rotatable bonds is 7. The van der Waals surface area contributed by atoms with Crippen molar-refractivity contribution in [3.05, 3.63) is 0 Å². The van der Waals surface area contributed by atoms with E-state index in [1.807, 2.05) is 6.92 Å². The van der Waals surface area contributed by atoms with E-state index >= 15 is 0 Å². The van der Waals surface area contributed by atoms with Crippen LogP contribution in [-0.2, 0) is 14.4 Å².